The van der Waals surface area contributed by atoms with Gasteiger partial charge in [0.15, 0.2) is 0 Å². The molecule has 0 unspecified atom stereocenters. The van der Waals surface area contributed by atoms with Gasteiger partial charge in [-0.1, -0.05) is 0 Å². The maximum atomic E-state index is 8.55. The minimum atomic E-state index is -5.39. The van der Waals surface area contributed by atoms with Crippen molar-refractivity contribution in [2.45, 2.75) is 0 Å². The van der Waals surface area contributed by atoms with Gasteiger partial charge in [-0.3, -0.25) is 0 Å². The van der Waals surface area contributed by atoms with Crippen molar-refractivity contribution in [1.82, 2.24) is 0 Å². The number of phosphoric acid groups is 1. The van der Waals surface area contributed by atoms with Crippen molar-refractivity contribution in [3.63, 3.8) is 0 Å². The summed E-state index contributed by atoms with van der Waals surface area (Å²) in [4.78, 5) is 25.6. The van der Waals surface area contributed by atoms with Crippen molar-refractivity contribution in [3.8, 4) is 0 Å². The van der Waals surface area contributed by atoms with E-state index in [1.54, 1.807) is 0 Å². The van der Waals surface area contributed by atoms with Crippen LogP contribution in [0.3, 0.4) is 0 Å². The van der Waals surface area contributed by atoms with Crippen LogP contribution in [0.1, 0.15) is 0 Å². The molecule has 0 atom stereocenters. The molecule has 0 aromatic carbocycles. The summed E-state index contributed by atoms with van der Waals surface area (Å²) in [5.74, 6) is 0. The summed E-state index contributed by atoms with van der Waals surface area (Å²) in [6.45, 7) is 0. The van der Waals surface area contributed by atoms with E-state index < -0.39 is 7.82 Å². The number of hydrogen-bond donors (Lipinski definition) is 0. The molecule has 0 amide bonds. The summed E-state index contributed by atoms with van der Waals surface area (Å²) in [5.41, 5.74) is 0. The van der Waals surface area contributed by atoms with Crippen molar-refractivity contribution in [3.05, 3.63) is 0 Å². The first-order valence-corrected chi connectivity index (χ1v) is 2.19. The van der Waals surface area contributed by atoms with Gasteiger partial charge in [0.25, 0.3) is 0 Å². The molecule has 0 rings (SSSR count). The Hall–Kier alpha value is 4.77. The zero-order valence-electron chi connectivity index (χ0n) is 4.70. The molecule has 0 saturated carbocycles. The van der Waals surface area contributed by atoms with Crippen LogP contribution in [0, 0.1) is 0 Å². The fourth-order valence-electron chi connectivity index (χ4n) is 0. The van der Waals surface area contributed by atoms with Gasteiger partial charge in [-0.2, -0.15) is 7.82 Å². The van der Waals surface area contributed by atoms with Gasteiger partial charge in [0.1, 0.15) is 0 Å². The van der Waals surface area contributed by atoms with Crippen molar-refractivity contribution in [2.24, 2.45) is 0 Å². The number of rotatable bonds is 0. The molecular formula is Ca3O4PZr+7. The molecule has 32 valence electrons. The van der Waals surface area contributed by atoms with Crippen LogP contribution in [0.15, 0.2) is 0 Å². The Labute approximate surface area is 162 Å². The normalized spacial score (nSPS) is 6.56. The Morgan fingerprint density at radius 3 is 0.889 bits per heavy atom. The van der Waals surface area contributed by atoms with Crippen LogP contribution in [0.25, 0.3) is 0 Å². The molecule has 9 heteroatoms. The van der Waals surface area contributed by atoms with Crippen molar-refractivity contribution < 1.29 is 45.4 Å². The molecule has 0 spiro atoms. The first-order valence-electron chi connectivity index (χ1n) is 0.730. The van der Waals surface area contributed by atoms with Crippen LogP contribution >= 0.6 is 7.82 Å². The summed E-state index contributed by atoms with van der Waals surface area (Å²) < 4.78 is 8.55. The molecule has 0 aliphatic rings. The Morgan fingerprint density at radius 2 is 0.889 bits per heavy atom. The summed E-state index contributed by atoms with van der Waals surface area (Å²) in [7, 11) is -5.39. The van der Waals surface area contributed by atoms with Gasteiger partial charge in [0.2, 0.25) is 0 Å². The molecule has 0 radical (unpaired) electrons. The van der Waals surface area contributed by atoms with Crippen molar-refractivity contribution in [2.75, 3.05) is 0 Å². The predicted molar refractivity (Wildman–Crippen MR) is 24.9 cm³/mol. The SMILES string of the molecule is O=P([O-])([O-])[O-].[Ca+2].[Ca+2].[Ca+2].[Zr+4]. The fourth-order valence-corrected chi connectivity index (χ4v) is 0. The molecule has 0 bridgehead atoms. The van der Waals surface area contributed by atoms with E-state index >= 15 is 0 Å². The van der Waals surface area contributed by atoms with E-state index in [0.717, 1.165) is 0 Å². The average Bonchev–Trinajstić information content (AvgIpc) is 0.722. The Kier molecular flexibility index (Phi) is 49.5. The van der Waals surface area contributed by atoms with E-state index in [1.807, 2.05) is 0 Å². The second kappa shape index (κ2) is 15.3. The summed E-state index contributed by atoms with van der Waals surface area (Å²) in [6.07, 6.45) is 0. The molecule has 0 heterocycles. The van der Waals surface area contributed by atoms with Crippen LogP contribution in [0.2, 0.25) is 0 Å². The monoisotopic (exact) mass is 305 g/mol. The van der Waals surface area contributed by atoms with E-state index in [1.165, 1.54) is 0 Å². The van der Waals surface area contributed by atoms with E-state index in [9.17, 15) is 0 Å². The summed E-state index contributed by atoms with van der Waals surface area (Å²) >= 11 is 0. The standard InChI is InChI=1S/3Ca.H3O4P.Zr/c;;;1-5(2,3)4;/h;;;(H3,1,2,3,4);/q3*+2;;+4/p-3. The van der Waals surface area contributed by atoms with Crippen molar-refractivity contribution in [1.29, 1.82) is 0 Å². The van der Waals surface area contributed by atoms with Gasteiger partial charge < -0.3 is 19.2 Å². The molecule has 0 aliphatic carbocycles. The molecule has 0 aromatic rings. The van der Waals surface area contributed by atoms with Crippen molar-refractivity contribution >= 4 is 121 Å². The first-order chi connectivity index (χ1) is 2.00. The smallest absolute Gasteiger partial charge is 0.822 e. The Balaban J connectivity index is -0.0000000133. The van der Waals surface area contributed by atoms with Gasteiger partial charge in [0, 0.05) is 0 Å². The predicted octanol–water partition coefficient (Wildman–Crippen LogP) is -3.97. The van der Waals surface area contributed by atoms with Crippen LogP contribution in [0.5, 0.6) is 0 Å². The third-order valence-corrected chi connectivity index (χ3v) is 0. The zero-order valence-corrected chi connectivity index (χ0v) is 14.7. The van der Waals surface area contributed by atoms with E-state index in [0.29, 0.717) is 0 Å². The Morgan fingerprint density at radius 1 is 0.889 bits per heavy atom. The van der Waals surface area contributed by atoms with Gasteiger partial charge in [-0.25, -0.2) is 0 Å². The second-order valence-corrected chi connectivity index (χ2v) is 1.34. The van der Waals surface area contributed by atoms with Gasteiger partial charge >= 0.3 is 139 Å². The van der Waals surface area contributed by atoms with E-state index in [4.69, 9.17) is 19.2 Å². The Bertz CT molecular complexity index is 61.9. The molecule has 0 N–H and O–H groups in total. The summed E-state index contributed by atoms with van der Waals surface area (Å²) in [5, 5.41) is 0. The topological polar surface area (TPSA) is 86.2 Å². The molecule has 4 nitrogen and oxygen atoms in total. The van der Waals surface area contributed by atoms with Gasteiger partial charge in [-0.05, 0) is 0 Å². The number of hydrogen-bond acceptors (Lipinski definition) is 4. The quantitative estimate of drug-likeness (QED) is 0.337. The molecule has 9 heavy (non-hydrogen) atoms. The van der Waals surface area contributed by atoms with Crippen LogP contribution in [-0.4, -0.2) is 113 Å². The molecule has 0 fully saturated rings. The average molecular weight is 306 g/mol. The third kappa shape index (κ3) is 65.1. The minimum absolute atomic E-state index is 0. The maximum Gasteiger partial charge on any atom is 4.00 e. The third-order valence-electron chi connectivity index (χ3n) is 0. The zero-order chi connectivity index (χ0) is 4.50. The van der Waals surface area contributed by atoms with Crippen LogP contribution in [0.4, 0.5) is 0 Å². The maximum absolute atomic E-state index is 8.55. The minimum Gasteiger partial charge on any atom is -0.822 e. The van der Waals surface area contributed by atoms with Gasteiger partial charge in [-0.15, -0.1) is 0 Å². The first kappa shape index (κ1) is 29.2. The fraction of sp³-hybridized carbons (Fsp3) is 0. The molecule has 0 saturated heterocycles. The summed E-state index contributed by atoms with van der Waals surface area (Å²) in [6, 6.07) is 0. The molecule has 0 aliphatic heterocycles. The van der Waals surface area contributed by atoms with Crippen LogP contribution in [-0.2, 0) is 30.8 Å². The van der Waals surface area contributed by atoms with Gasteiger partial charge in [0.05, 0.1) is 0 Å². The van der Waals surface area contributed by atoms with Crippen LogP contribution < -0.4 is 14.7 Å². The molecule has 0 aromatic heterocycles. The molecular weight excluding hydrogens is 306 g/mol. The second-order valence-electron chi connectivity index (χ2n) is 0.447. The van der Waals surface area contributed by atoms with E-state index in [2.05, 4.69) is 0 Å². The van der Waals surface area contributed by atoms with E-state index in [-0.39, 0.29) is 139 Å². The largest absolute Gasteiger partial charge is 4.00 e.